The molecule has 0 radical (unpaired) electrons. The van der Waals surface area contributed by atoms with E-state index in [-0.39, 0.29) is 12.4 Å². The number of tetrazole rings is 1. The number of ether oxygens (including phenoxy) is 1. The second-order valence-corrected chi connectivity index (χ2v) is 8.94. The molecule has 6 rings (SSSR count). The lowest BCUT2D eigenvalue weighted by Crippen LogP contribution is -1.98. The van der Waals surface area contributed by atoms with E-state index < -0.39 is 0 Å². The number of nitrogens with zero attached hydrogens (tertiary/aromatic N) is 4. The van der Waals surface area contributed by atoms with E-state index in [2.05, 4.69) is 49.5 Å². The Labute approximate surface area is 221 Å². The predicted molar refractivity (Wildman–Crippen MR) is 145 cm³/mol. The van der Waals surface area contributed by atoms with Crippen molar-refractivity contribution in [3.05, 3.63) is 88.5 Å². The number of hydrogen-bond donors (Lipinski definition) is 1. The third-order valence-electron chi connectivity index (χ3n) is 5.95. The lowest BCUT2D eigenvalue weighted by molar-refractivity contribution is 0.309. The molecule has 0 atom stereocenters. The number of aromatic nitrogens is 5. The monoisotopic (exact) mass is 561 g/mol. The number of pyridine rings is 1. The minimum Gasteiger partial charge on any atom is -0.488 e. The topological polar surface area (TPSA) is 89.7 Å². The lowest BCUT2D eigenvalue weighted by atomic mass is 10.0. The van der Waals surface area contributed by atoms with Gasteiger partial charge >= 0.3 is 0 Å². The van der Waals surface area contributed by atoms with Crippen molar-refractivity contribution in [2.45, 2.75) is 20.0 Å². The molecule has 0 unspecified atom stereocenters. The Balaban J connectivity index is 0.00000267. The van der Waals surface area contributed by atoms with Gasteiger partial charge in [-0.25, -0.2) is 5.10 Å². The highest BCUT2D eigenvalue weighted by molar-refractivity contribution is 9.10. The van der Waals surface area contributed by atoms with E-state index in [1.165, 1.54) is 0 Å². The zero-order valence-corrected chi connectivity index (χ0v) is 21.6. The van der Waals surface area contributed by atoms with Crippen molar-refractivity contribution in [2.24, 2.45) is 0 Å². The first-order chi connectivity index (χ1) is 17.2. The van der Waals surface area contributed by atoms with E-state index in [0.717, 1.165) is 66.7 Å². The Morgan fingerprint density at radius 1 is 0.944 bits per heavy atom. The number of fused-ring (bicyclic) bond motifs is 2. The van der Waals surface area contributed by atoms with Gasteiger partial charge in [-0.2, -0.15) is 0 Å². The molecule has 3 aromatic heterocycles. The molecule has 0 saturated carbocycles. The van der Waals surface area contributed by atoms with Crippen molar-refractivity contribution in [1.82, 2.24) is 25.6 Å². The van der Waals surface area contributed by atoms with Crippen LogP contribution in [0, 0.1) is 0 Å². The minimum atomic E-state index is 0. The number of aryl methyl sites for hydroxylation is 1. The molecule has 0 bridgehead atoms. The van der Waals surface area contributed by atoms with Gasteiger partial charge in [0.2, 0.25) is 0 Å². The van der Waals surface area contributed by atoms with Crippen molar-refractivity contribution in [2.75, 3.05) is 0 Å². The van der Waals surface area contributed by atoms with Gasteiger partial charge in [-0.05, 0) is 62.6 Å². The maximum absolute atomic E-state index is 6.28. The summed E-state index contributed by atoms with van der Waals surface area (Å²) in [5, 5.41) is 16.3. The van der Waals surface area contributed by atoms with Crippen LogP contribution < -0.4 is 4.74 Å². The van der Waals surface area contributed by atoms with Gasteiger partial charge < -0.3 is 9.15 Å². The highest BCUT2D eigenvalue weighted by Gasteiger charge is 2.19. The number of H-pyrrole nitrogens is 1. The molecule has 0 aliphatic rings. The number of benzene rings is 3. The minimum absolute atomic E-state index is 0. The summed E-state index contributed by atoms with van der Waals surface area (Å²) < 4.78 is 13.4. The van der Waals surface area contributed by atoms with Crippen molar-refractivity contribution < 1.29 is 9.15 Å². The fourth-order valence-corrected chi connectivity index (χ4v) is 4.80. The second-order valence-electron chi connectivity index (χ2n) is 8.14. The van der Waals surface area contributed by atoms with Gasteiger partial charge in [-0.1, -0.05) is 49.4 Å². The lowest BCUT2D eigenvalue weighted by Gasteiger charge is -2.11. The standard InChI is InChI=1S/C27H20BrN5O2.ClH/c1-2-17-14-24(20-9-5-6-10-22(20)29-17)34-15-16-11-12-23-21(13-16)25(28)26(35-23)18-7-3-4-8-19(18)27-30-32-33-31-27;/h3-14H,2,15H2,1H3,(H,30,31,32,33);1H. The fourth-order valence-electron chi connectivity index (χ4n) is 4.20. The zero-order valence-electron chi connectivity index (χ0n) is 19.2. The molecule has 0 amide bonds. The van der Waals surface area contributed by atoms with Gasteiger partial charge in [0.1, 0.15) is 23.7 Å². The summed E-state index contributed by atoms with van der Waals surface area (Å²) in [6.07, 6.45) is 0.851. The summed E-state index contributed by atoms with van der Waals surface area (Å²) in [5.74, 6) is 2.14. The number of aromatic amines is 1. The van der Waals surface area contributed by atoms with E-state index in [1.807, 2.05) is 66.7 Å². The zero-order chi connectivity index (χ0) is 23.8. The van der Waals surface area contributed by atoms with Crippen LogP contribution in [0.3, 0.4) is 0 Å². The molecule has 6 aromatic rings. The molecular weight excluding hydrogens is 542 g/mol. The average Bonchev–Trinajstić information content (AvgIpc) is 3.55. The Morgan fingerprint density at radius 3 is 2.56 bits per heavy atom. The maximum atomic E-state index is 6.28. The summed E-state index contributed by atoms with van der Waals surface area (Å²) in [6.45, 7) is 2.53. The van der Waals surface area contributed by atoms with Gasteiger partial charge in [0, 0.05) is 33.7 Å². The molecule has 36 heavy (non-hydrogen) atoms. The first kappa shape index (κ1) is 24.0. The molecule has 0 saturated heterocycles. The van der Waals surface area contributed by atoms with Gasteiger partial charge in [-0.3, -0.25) is 4.98 Å². The molecule has 180 valence electrons. The van der Waals surface area contributed by atoms with Crippen LogP contribution in [-0.2, 0) is 13.0 Å². The maximum Gasteiger partial charge on any atom is 0.180 e. The highest BCUT2D eigenvalue weighted by atomic mass is 79.9. The largest absolute Gasteiger partial charge is 0.488 e. The molecule has 0 fully saturated rings. The molecule has 3 aromatic carbocycles. The number of nitrogens with one attached hydrogen (secondary N) is 1. The number of para-hydroxylation sites is 1. The van der Waals surface area contributed by atoms with Crippen molar-refractivity contribution in [3.63, 3.8) is 0 Å². The van der Waals surface area contributed by atoms with Crippen LogP contribution in [0.2, 0.25) is 0 Å². The van der Waals surface area contributed by atoms with Crippen LogP contribution in [0.1, 0.15) is 18.2 Å². The number of furan rings is 1. The van der Waals surface area contributed by atoms with Gasteiger partial charge in [0.25, 0.3) is 0 Å². The highest BCUT2D eigenvalue weighted by Crippen LogP contribution is 2.41. The van der Waals surface area contributed by atoms with Crippen LogP contribution in [0.15, 0.2) is 81.7 Å². The number of halogens is 2. The normalized spacial score (nSPS) is 11.1. The third-order valence-corrected chi connectivity index (χ3v) is 6.74. The molecule has 0 aliphatic carbocycles. The molecule has 9 heteroatoms. The summed E-state index contributed by atoms with van der Waals surface area (Å²) in [4.78, 5) is 4.71. The van der Waals surface area contributed by atoms with Crippen LogP contribution in [0.4, 0.5) is 0 Å². The van der Waals surface area contributed by atoms with E-state index in [0.29, 0.717) is 12.4 Å². The smallest absolute Gasteiger partial charge is 0.180 e. The quantitative estimate of drug-likeness (QED) is 0.232. The first-order valence-corrected chi connectivity index (χ1v) is 12.1. The number of hydrogen-bond acceptors (Lipinski definition) is 6. The third kappa shape index (κ3) is 4.34. The van der Waals surface area contributed by atoms with Crippen molar-refractivity contribution >= 4 is 50.2 Å². The summed E-state index contributed by atoms with van der Waals surface area (Å²) in [5.41, 5.74) is 5.53. The second kappa shape index (κ2) is 10.1. The summed E-state index contributed by atoms with van der Waals surface area (Å²) in [6, 6.07) is 24.0. The van der Waals surface area contributed by atoms with Crippen molar-refractivity contribution in [1.29, 1.82) is 0 Å². The SMILES string of the molecule is CCc1cc(OCc2ccc3oc(-c4ccccc4-c4nnn[nH]4)c(Br)c3c2)c2ccccc2n1.Cl. The van der Waals surface area contributed by atoms with Crippen LogP contribution in [0.5, 0.6) is 5.75 Å². The van der Waals surface area contributed by atoms with E-state index >= 15 is 0 Å². The van der Waals surface area contributed by atoms with E-state index in [1.54, 1.807) is 0 Å². The molecule has 1 N–H and O–H groups in total. The Hall–Kier alpha value is -3.75. The fraction of sp³-hybridized carbons (Fsp3) is 0.111. The number of rotatable bonds is 6. The molecule has 7 nitrogen and oxygen atoms in total. The summed E-state index contributed by atoms with van der Waals surface area (Å²) >= 11 is 3.76. The predicted octanol–water partition coefficient (Wildman–Crippen LogP) is 7.15. The van der Waals surface area contributed by atoms with Crippen LogP contribution in [-0.4, -0.2) is 25.6 Å². The van der Waals surface area contributed by atoms with E-state index in [4.69, 9.17) is 14.1 Å². The van der Waals surface area contributed by atoms with Gasteiger partial charge in [0.05, 0.1) is 9.99 Å². The summed E-state index contributed by atoms with van der Waals surface area (Å²) in [7, 11) is 0. The van der Waals surface area contributed by atoms with Gasteiger partial charge in [0.15, 0.2) is 5.82 Å². The van der Waals surface area contributed by atoms with Gasteiger partial charge in [-0.15, -0.1) is 17.5 Å². The van der Waals surface area contributed by atoms with E-state index in [9.17, 15) is 0 Å². The van der Waals surface area contributed by atoms with Crippen molar-refractivity contribution in [3.8, 4) is 28.5 Å². The van der Waals surface area contributed by atoms with Crippen LogP contribution in [0.25, 0.3) is 44.6 Å². The Kier molecular flexibility index (Phi) is 6.71. The molecular formula is C27H21BrClN5O2. The average molecular weight is 563 g/mol. The van der Waals surface area contributed by atoms with Crippen LogP contribution >= 0.6 is 28.3 Å². The Morgan fingerprint density at radius 2 is 1.75 bits per heavy atom. The molecule has 0 spiro atoms. The molecule has 0 aliphatic heterocycles. The first-order valence-electron chi connectivity index (χ1n) is 11.3. The Bertz CT molecular complexity index is 1670. The molecule has 3 heterocycles.